The van der Waals surface area contributed by atoms with Gasteiger partial charge in [0.15, 0.2) is 5.82 Å². The number of benzene rings is 9. The Morgan fingerprint density at radius 3 is 1.78 bits per heavy atom. The number of nitrogens with zero attached hydrogens (tertiary/aromatic N) is 3. The zero-order valence-electron chi connectivity index (χ0n) is 32.3. The third kappa shape index (κ3) is 4.91. The Labute approximate surface area is 345 Å². The van der Waals surface area contributed by atoms with E-state index in [2.05, 4.69) is 180 Å². The van der Waals surface area contributed by atoms with Crippen LogP contribution in [0.1, 0.15) is 0 Å². The first-order valence-electron chi connectivity index (χ1n) is 20.4. The van der Waals surface area contributed by atoms with Crippen LogP contribution in [0.2, 0.25) is 0 Å². The third-order valence-corrected chi connectivity index (χ3v) is 12.3. The summed E-state index contributed by atoms with van der Waals surface area (Å²) in [5.74, 6) is 0.704. The minimum absolute atomic E-state index is 0.704. The molecule has 278 valence electrons. The Morgan fingerprint density at radius 1 is 0.333 bits per heavy atom. The maximum atomic E-state index is 6.60. The normalized spacial score (nSPS) is 12.0. The van der Waals surface area contributed by atoms with Crippen LogP contribution in [0.15, 0.2) is 205 Å². The summed E-state index contributed by atoms with van der Waals surface area (Å²) in [6.45, 7) is 0. The topological polar surface area (TPSA) is 43.9 Å². The molecule has 0 radical (unpaired) electrons. The van der Waals surface area contributed by atoms with Crippen LogP contribution in [0.5, 0.6) is 0 Å². The molecule has 0 aliphatic heterocycles. The van der Waals surface area contributed by atoms with Crippen molar-refractivity contribution in [1.29, 1.82) is 0 Å². The average Bonchev–Trinajstić information content (AvgIpc) is 3.97. The van der Waals surface area contributed by atoms with Crippen LogP contribution in [0.25, 0.3) is 127 Å². The predicted octanol–water partition coefficient (Wildman–Crippen LogP) is 14.9. The number of hydrogen-bond acceptors (Lipinski definition) is 3. The quantitative estimate of drug-likeness (QED) is 0.175. The van der Waals surface area contributed by atoms with Crippen LogP contribution in [0.3, 0.4) is 0 Å². The summed E-state index contributed by atoms with van der Waals surface area (Å²) in [5.41, 5.74) is 17.5. The lowest BCUT2D eigenvalue weighted by atomic mass is 9.96. The van der Waals surface area contributed by atoms with E-state index >= 15 is 0 Å². The van der Waals surface area contributed by atoms with Gasteiger partial charge in [0.25, 0.3) is 0 Å². The second kappa shape index (κ2) is 12.7. The Kier molecular flexibility index (Phi) is 6.98. The first-order valence-corrected chi connectivity index (χ1v) is 20.4. The van der Waals surface area contributed by atoms with E-state index in [9.17, 15) is 0 Å². The molecule has 0 saturated heterocycles. The lowest BCUT2D eigenvalue weighted by Crippen LogP contribution is -1.97. The van der Waals surface area contributed by atoms with Gasteiger partial charge in [-0.2, -0.15) is 0 Å². The van der Waals surface area contributed by atoms with E-state index in [1.165, 1.54) is 49.2 Å². The van der Waals surface area contributed by atoms with Crippen LogP contribution in [0.4, 0.5) is 0 Å². The van der Waals surface area contributed by atoms with Crippen molar-refractivity contribution in [1.82, 2.24) is 14.5 Å². The molecule has 9 aromatic carbocycles. The van der Waals surface area contributed by atoms with Crippen molar-refractivity contribution < 1.29 is 4.42 Å². The molecule has 12 aromatic rings. The van der Waals surface area contributed by atoms with E-state index in [0.29, 0.717) is 5.82 Å². The molecular formula is C56H33N3O. The van der Waals surface area contributed by atoms with Crippen molar-refractivity contribution in [2.45, 2.75) is 0 Å². The summed E-state index contributed by atoms with van der Waals surface area (Å²) < 4.78 is 8.98. The van der Waals surface area contributed by atoms with Crippen LogP contribution >= 0.6 is 0 Å². The molecule has 0 fully saturated rings. The van der Waals surface area contributed by atoms with Gasteiger partial charge in [0.2, 0.25) is 0 Å². The third-order valence-electron chi connectivity index (χ3n) is 12.3. The van der Waals surface area contributed by atoms with E-state index in [4.69, 9.17) is 14.4 Å². The summed E-state index contributed by atoms with van der Waals surface area (Å²) in [5, 5.41) is 7.27. The summed E-state index contributed by atoms with van der Waals surface area (Å²) in [6.07, 6.45) is 0. The van der Waals surface area contributed by atoms with Crippen molar-refractivity contribution in [3.63, 3.8) is 0 Å². The molecule has 1 aliphatic carbocycles. The van der Waals surface area contributed by atoms with E-state index in [1.54, 1.807) is 0 Å². The van der Waals surface area contributed by atoms with Crippen molar-refractivity contribution in [2.75, 3.05) is 0 Å². The molecule has 3 aromatic heterocycles. The van der Waals surface area contributed by atoms with Gasteiger partial charge in [-0.15, -0.1) is 0 Å². The molecule has 0 spiro atoms. The number of fused-ring (bicyclic) bond motifs is 10. The second-order valence-corrected chi connectivity index (χ2v) is 15.7. The lowest BCUT2D eigenvalue weighted by molar-refractivity contribution is 0.669. The molecule has 60 heavy (non-hydrogen) atoms. The van der Waals surface area contributed by atoms with Crippen LogP contribution in [-0.2, 0) is 0 Å². The summed E-state index contributed by atoms with van der Waals surface area (Å²) in [6, 6.07) is 71.3. The van der Waals surface area contributed by atoms with E-state index in [1.807, 2.05) is 24.3 Å². The van der Waals surface area contributed by atoms with Crippen molar-refractivity contribution in [3.8, 4) is 73.0 Å². The molecule has 0 bridgehead atoms. The Hall–Kier alpha value is -8.08. The highest BCUT2D eigenvalue weighted by Gasteiger charge is 2.25. The van der Waals surface area contributed by atoms with Crippen LogP contribution < -0.4 is 0 Å². The van der Waals surface area contributed by atoms with E-state index in [-0.39, 0.29) is 0 Å². The van der Waals surface area contributed by atoms with Gasteiger partial charge in [-0.1, -0.05) is 146 Å². The molecule has 4 nitrogen and oxygen atoms in total. The zero-order chi connectivity index (χ0) is 39.3. The SMILES string of the molecule is c1ccc(-c2cc(-c3cccc(-n4c5ccccc5c5cc(-c6ccc7oc8cc9c%10c(cccc%10c8c7c6)-c6ccccc6-9)ccc54)c3)nc(-c3ccccc3)n2)cc1. The summed E-state index contributed by atoms with van der Waals surface area (Å²) >= 11 is 0. The number of rotatable bonds is 5. The zero-order valence-corrected chi connectivity index (χ0v) is 32.3. The molecule has 3 heterocycles. The molecular weight excluding hydrogens is 731 g/mol. The number of aromatic nitrogens is 3. The van der Waals surface area contributed by atoms with Gasteiger partial charge in [0, 0.05) is 43.9 Å². The predicted molar refractivity (Wildman–Crippen MR) is 247 cm³/mol. The van der Waals surface area contributed by atoms with Crippen LogP contribution in [-0.4, -0.2) is 14.5 Å². The minimum Gasteiger partial charge on any atom is -0.456 e. The highest BCUT2D eigenvalue weighted by molar-refractivity contribution is 6.28. The molecule has 13 rings (SSSR count). The van der Waals surface area contributed by atoms with Crippen molar-refractivity contribution in [3.05, 3.63) is 200 Å². The lowest BCUT2D eigenvalue weighted by Gasteiger charge is -2.12. The number of para-hydroxylation sites is 1. The monoisotopic (exact) mass is 763 g/mol. The largest absolute Gasteiger partial charge is 0.456 e. The first-order chi connectivity index (χ1) is 29.7. The number of furan rings is 1. The smallest absolute Gasteiger partial charge is 0.160 e. The van der Waals surface area contributed by atoms with Gasteiger partial charge in [-0.3, -0.25) is 0 Å². The fourth-order valence-electron chi connectivity index (χ4n) is 9.62. The average molecular weight is 764 g/mol. The fourth-order valence-corrected chi connectivity index (χ4v) is 9.62. The van der Waals surface area contributed by atoms with E-state index in [0.717, 1.165) is 72.5 Å². The fraction of sp³-hybridized carbons (Fsp3) is 0. The van der Waals surface area contributed by atoms with Gasteiger partial charge < -0.3 is 8.98 Å². The first kappa shape index (κ1) is 32.9. The molecule has 1 aliphatic rings. The number of hydrogen-bond donors (Lipinski definition) is 0. The van der Waals surface area contributed by atoms with Crippen molar-refractivity contribution in [2.24, 2.45) is 0 Å². The van der Waals surface area contributed by atoms with Gasteiger partial charge in [0.1, 0.15) is 11.2 Å². The molecule has 0 unspecified atom stereocenters. The Morgan fingerprint density at radius 2 is 0.950 bits per heavy atom. The second-order valence-electron chi connectivity index (χ2n) is 15.7. The van der Waals surface area contributed by atoms with Crippen molar-refractivity contribution >= 4 is 54.5 Å². The molecule has 0 saturated carbocycles. The summed E-state index contributed by atoms with van der Waals surface area (Å²) in [7, 11) is 0. The standard InChI is InChI=1S/C56H33N3O/c1-3-13-34(14-4-1)48-33-49(58-56(57-48)35-15-5-2-6-16-35)38-17-11-18-39(29-38)59-50-24-10-9-21-42(50)45-30-36(25-27-51(45)59)37-26-28-52-47(31-37)55-44-23-12-22-43-40-19-7-8-20-41(40)46(54(43)44)32-53(55)60-52/h1-33H. The van der Waals surface area contributed by atoms with Crippen LogP contribution in [0, 0.1) is 0 Å². The van der Waals surface area contributed by atoms with Gasteiger partial charge in [-0.25, -0.2) is 9.97 Å². The van der Waals surface area contributed by atoms with Gasteiger partial charge in [0.05, 0.1) is 22.4 Å². The molecule has 0 N–H and O–H groups in total. The highest BCUT2D eigenvalue weighted by atomic mass is 16.3. The Balaban J connectivity index is 0.948. The molecule has 0 amide bonds. The highest BCUT2D eigenvalue weighted by Crippen LogP contribution is 2.51. The van der Waals surface area contributed by atoms with E-state index < -0.39 is 0 Å². The minimum atomic E-state index is 0.704. The molecule has 0 atom stereocenters. The maximum absolute atomic E-state index is 6.60. The molecule has 4 heteroatoms. The summed E-state index contributed by atoms with van der Waals surface area (Å²) in [4.78, 5) is 10.2. The Bertz CT molecular complexity index is 3650. The van der Waals surface area contributed by atoms with Gasteiger partial charge in [-0.05, 0) is 98.8 Å². The van der Waals surface area contributed by atoms with Gasteiger partial charge >= 0.3 is 0 Å². The maximum Gasteiger partial charge on any atom is 0.160 e.